The van der Waals surface area contributed by atoms with Gasteiger partial charge < -0.3 is 5.32 Å². The van der Waals surface area contributed by atoms with Crippen LogP contribution in [-0.4, -0.2) is 38.1 Å². The molecule has 0 saturated heterocycles. The Kier molecular flexibility index (Phi) is 5.08. The SMILES string of the molecule is Cc1cnccc1-c1cc(F)cc(C(=O)NCCCc2nn[nH]n2)c1. The fraction of sp³-hybridized carbons (Fsp3) is 0.235. The van der Waals surface area contributed by atoms with Gasteiger partial charge in [-0.1, -0.05) is 5.21 Å². The van der Waals surface area contributed by atoms with Gasteiger partial charge in [-0.15, -0.1) is 10.2 Å². The van der Waals surface area contributed by atoms with Gasteiger partial charge in [0, 0.05) is 30.9 Å². The highest BCUT2D eigenvalue weighted by Gasteiger charge is 2.11. The summed E-state index contributed by atoms with van der Waals surface area (Å²) in [5.41, 5.74) is 2.70. The number of H-pyrrole nitrogens is 1. The fourth-order valence-electron chi connectivity index (χ4n) is 2.51. The molecule has 25 heavy (non-hydrogen) atoms. The largest absolute Gasteiger partial charge is 0.352 e. The number of hydrogen-bond acceptors (Lipinski definition) is 5. The van der Waals surface area contributed by atoms with Crippen molar-refractivity contribution in [3.8, 4) is 11.1 Å². The Bertz CT molecular complexity index is 865. The second-order valence-corrected chi connectivity index (χ2v) is 5.61. The number of nitrogens with zero attached hydrogens (tertiary/aromatic N) is 4. The van der Waals surface area contributed by atoms with E-state index in [9.17, 15) is 9.18 Å². The lowest BCUT2D eigenvalue weighted by molar-refractivity contribution is 0.0952. The lowest BCUT2D eigenvalue weighted by Gasteiger charge is -2.09. The first kappa shape index (κ1) is 16.7. The van der Waals surface area contributed by atoms with Crippen molar-refractivity contribution in [3.05, 3.63) is 59.4 Å². The molecule has 0 bridgehead atoms. The lowest BCUT2D eigenvalue weighted by atomic mass is 10.00. The summed E-state index contributed by atoms with van der Waals surface area (Å²) in [4.78, 5) is 16.3. The predicted octanol–water partition coefficient (Wildman–Crippen LogP) is 2.07. The molecule has 0 atom stereocenters. The van der Waals surface area contributed by atoms with E-state index in [1.807, 2.05) is 6.92 Å². The second kappa shape index (κ2) is 7.61. The van der Waals surface area contributed by atoms with Crippen LogP contribution in [0.1, 0.15) is 28.2 Å². The zero-order chi connectivity index (χ0) is 17.6. The first-order valence-electron chi connectivity index (χ1n) is 7.85. The van der Waals surface area contributed by atoms with Crippen LogP contribution in [0.2, 0.25) is 0 Å². The van der Waals surface area contributed by atoms with Crippen LogP contribution in [0, 0.1) is 12.7 Å². The third-order valence-corrected chi connectivity index (χ3v) is 3.74. The number of hydrogen-bond donors (Lipinski definition) is 2. The minimum absolute atomic E-state index is 0.283. The highest BCUT2D eigenvalue weighted by atomic mass is 19.1. The molecule has 0 aliphatic carbocycles. The molecule has 0 fully saturated rings. The molecule has 1 amide bonds. The van der Waals surface area contributed by atoms with Crippen molar-refractivity contribution in [1.82, 2.24) is 30.9 Å². The van der Waals surface area contributed by atoms with Gasteiger partial charge in [-0.05, 0) is 54.3 Å². The molecular formula is C17H17FN6O. The van der Waals surface area contributed by atoms with Crippen molar-refractivity contribution in [2.24, 2.45) is 0 Å². The number of aryl methyl sites for hydroxylation is 2. The van der Waals surface area contributed by atoms with Crippen molar-refractivity contribution in [2.75, 3.05) is 6.54 Å². The highest BCUT2D eigenvalue weighted by Crippen LogP contribution is 2.24. The summed E-state index contributed by atoms with van der Waals surface area (Å²) < 4.78 is 14.0. The number of benzene rings is 1. The number of aromatic amines is 1. The Balaban J connectivity index is 1.67. The zero-order valence-corrected chi connectivity index (χ0v) is 13.7. The number of carbonyl (C=O) groups is 1. The van der Waals surface area contributed by atoms with E-state index in [4.69, 9.17) is 0 Å². The van der Waals surface area contributed by atoms with Crippen LogP contribution in [0.4, 0.5) is 4.39 Å². The Morgan fingerprint density at radius 2 is 2.20 bits per heavy atom. The van der Waals surface area contributed by atoms with Crippen LogP contribution in [-0.2, 0) is 6.42 Å². The van der Waals surface area contributed by atoms with E-state index in [0.717, 1.165) is 11.1 Å². The molecule has 0 aliphatic heterocycles. The molecule has 0 saturated carbocycles. The summed E-state index contributed by atoms with van der Waals surface area (Å²) in [6.45, 7) is 2.33. The molecule has 0 spiro atoms. The molecule has 8 heteroatoms. The van der Waals surface area contributed by atoms with Gasteiger partial charge in [-0.2, -0.15) is 5.21 Å². The van der Waals surface area contributed by atoms with Crippen LogP contribution in [0.15, 0.2) is 36.7 Å². The summed E-state index contributed by atoms with van der Waals surface area (Å²) >= 11 is 0. The molecule has 2 heterocycles. The van der Waals surface area contributed by atoms with Crippen LogP contribution < -0.4 is 5.32 Å². The smallest absolute Gasteiger partial charge is 0.251 e. The summed E-state index contributed by atoms with van der Waals surface area (Å²) in [5, 5.41) is 16.3. The quantitative estimate of drug-likeness (QED) is 0.670. The topological polar surface area (TPSA) is 96.5 Å². The third kappa shape index (κ3) is 4.23. The zero-order valence-electron chi connectivity index (χ0n) is 13.7. The third-order valence-electron chi connectivity index (χ3n) is 3.74. The van der Waals surface area contributed by atoms with Gasteiger partial charge in [-0.3, -0.25) is 9.78 Å². The molecule has 128 valence electrons. The van der Waals surface area contributed by atoms with Crippen molar-refractivity contribution in [3.63, 3.8) is 0 Å². The van der Waals surface area contributed by atoms with E-state index < -0.39 is 5.82 Å². The molecule has 0 aliphatic rings. The van der Waals surface area contributed by atoms with Gasteiger partial charge in [0.2, 0.25) is 0 Å². The Hall–Kier alpha value is -3.16. The minimum atomic E-state index is -0.453. The molecule has 2 N–H and O–H groups in total. The lowest BCUT2D eigenvalue weighted by Crippen LogP contribution is -2.25. The van der Waals surface area contributed by atoms with Gasteiger partial charge in [0.15, 0.2) is 5.82 Å². The second-order valence-electron chi connectivity index (χ2n) is 5.61. The molecule has 1 aromatic carbocycles. The molecule has 3 rings (SSSR count). The number of rotatable bonds is 6. The fourth-order valence-corrected chi connectivity index (χ4v) is 2.51. The van der Waals surface area contributed by atoms with Gasteiger partial charge in [0.25, 0.3) is 5.91 Å². The van der Waals surface area contributed by atoms with Crippen LogP contribution >= 0.6 is 0 Å². The summed E-state index contributed by atoms with van der Waals surface area (Å²) in [7, 11) is 0. The summed E-state index contributed by atoms with van der Waals surface area (Å²) in [6, 6.07) is 6.13. The predicted molar refractivity (Wildman–Crippen MR) is 89.2 cm³/mol. The normalized spacial score (nSPS) is 10.6. The number of aromatic nitrogens is 5. The number of pyridine rings is 1. The maximum Gasteiger partial charge on any atom is 0.251 e. The average Bonchev–Trinajstić information content (AvgIpc) is 3.12. The first-order chi connectivity index (χ1) is 12.1. The number of tetrazole rings is 1. The Morgan fingerprint density at radius 3 is 2.96 bits per heavy atom. The molecule has 0 radical (unpaired) electrons. The van der Waals surface area contributed by atoms with Crippen LogP contribution in [0.3, 0.4) is 0 Å². The van der Waals surface area contributed by atoms with Crippen molar-refractivity contribution >= 4 is 5.91 Å². The maximum atomic E-state index is 14.0. The van der Waals surface area contributed by atoms with Crippen molar-refractivity contribution in [1.29, 1.82) is 0 Å². The van der Waals surface area contributed by atoms with E-state index in [1.54, 1.807) is 24.5 Å². The van der Waals surface area contributed by atoms with E-state index in [-0.39, 0.29) is 11.5 Å². The molecule has 2 aromatic heterocycles. The Labute approximate surface area is 143 Å². The molecule has 0 unspecified atom stereocenters. The standard InChI is InChI=1S/C17H17FN6O/c1-11-10-19-6-4-15(11)12-7-13(9-14(18)8-12)17(25)20-5-2-3-16-21-23-24-22-16/h4,6-10H,2-3,5H2,1H3,(H,20,25)(H,21,22,23,24). The number of nitrogens with one attached hydrogen (secondary N) is 2. The van der Waals surface area contributed by atoms with Crippen molar-refractivity contribution in [2.45, 2.75) is 19.8 Å². The minimum Gasteiger partial charge on any atom is -0.352 e. The van der Waals surface area contributed by atoms with E-state index in [1.165, 1.54) is 12.1 Å². The first-order valence-corrected chi connectivity index (χ1v) is 7.85. The summed E-state index contributed by atoms with van der Waals surface area (Å²) in [6.07, 6.45) is 4.61. The van der Waals surface area contributed by atoms with Gasteiger partial charge in [-0.25, -0.2) is 4.39 Å². The van der Waals surface area contributed by atoms with Gasteiger partial charge in [0.1, 0.15) is 5.82 Å². The van der Waals surface area contributed by atoms with Gasteiger partial charge >= 0.3 is 0 Å². The van der Waals surface area contributed by atoms with E-state index in [2.05, 4.69) is 30.9 Å². The van der Waals surface area contributed by atoms with E-state index in [0.29, 0.717) is 30.8 Å². The number of halogens is 1. The average molecular weight is 340 g/mol. The highest BCUT2D eigenvalue weighted by molar-refractivity contribution is 5.95. The van der Waals surface area contributed by atoms with Crippen LogP contribution in [0.25, 0.3) is 11.1 Å². The molecule has 3 aromatic rings. The molecular weight excluding hydrogens is 323 g/mol. The van der Waals surface area contributed by atoms with Crippen molar-refractivity contribution < 1.29 is 9.18 Å². The monoisotopic (exact) mass is 340 g/mol. The Morgan fingerprint density at radius 1 is 1.32 bits per heavy atom. The summed E-state index contributed by atoms with van der Waals surface area (Å²) in [5.74, 6) is -0.179. The van der Waals surface area contributed by atoms with Crippen LogP contribution in [0.5, 0.6) is 0 Å². The number of carbonyl (C=O) groups excluding carboxylic acids is 1. The number of amides is 1. The molecule has 7 nitrogen and oxygen atoms in total. The van der Waals surface area contributed by atoms with Gasteiger partial charge in [0.05, 0.1) is 0 Å². The maximum absolute atomic E-state index is 14.0. The van der Waals surface area contributed by atoms with E-state index >= 15 is 0 Å².